The van der Waals surface area contributed by atoms with Crippen LogP contribution in [0.4, 0.5) is 0 Å². The predicted octanol–water partition coefficient (Wildman–Crippen LogP) is 4.71. The molecule has 1 aromatic carbocycles. The van der Waals surface area contributed by atoms with E-state index in [0.29, 0.717) is 17.8 Å². The van der Waals surface area contributed by atoms with Gasteiger partial charge in [0.15, 0.2) is 0 Å². The van der Waals surface area contributed by atoms with Gasteiger partial charge in [-0.05, 0) is 18.2 Å². The van der Waals surface area contributed by atoms with Gasteiger partial charge in [-0.15, -0.1) is 0 Å². The maximum absolute atomic E-state index is 3.21. The van der Waals surface area contributed by atoms with Crippen LogP contribution < -0.4 is 0 Å². The standard InChI is InChI=1S/C21H24/c1-16(2)7-10-19-13-20(11-8-17(3)4)15-21(14-19)12-9-18(5)6/h13-18H,1-6H3. The molecule has 0 aromatic heterocycles. The minimum Gasteiger partial charge on any atom is -0.0951 e. The molecule has 0 unspecified atom stereocenters. The quantitative estimate of drug-likeness (QED) is 0.602. The fourth-order valence-electron chi connectivity index (χ4n) is 1.53. The highest BCUT2D eigenvalue weighted by atomic mass is 14.0. The van der Waals surface area contributed by atoms with Crippen LogP contribution in [0.25, 0.3) is 0 Å². The second-order valence-corrected chi connectivity index (χ2v) is 6.07. The molecule has 1 rings (SSSR count). The van der Waals surface area contributed by atoms with E-state index >= 15 is 0 Å². The van der Waals surface area contributed by atoms with Gasteiger partial charge in [0.2, 0.25) is 0 Å². The Balaban J connectivity index is 3.25. The van der Waals surface area contributed by atoms with Crippen molar-refractivity contribution in [3.63, 3.8) is 0 Å². The molecule has 0 atom stereocenters. The fraction of sp³-hybridized carbons (Fsp3) is 0.429. The maximum Gasteiger partial charge on any atom is 0.0270 e. The van der Waals surface area contributed by atoms with Gasteiger partial charge in [-0.3, -0.25) is 0 Å². The monoisotopic (exact) mass is 276 g/mol. The van der Waals surface area contributed by atoms with E-state index in [1.54, 1.807) is 0 Å². The topological polar surface area (TPSA) is 0 Å². The first-order chi connectivity index (χ1) is 9.86. The molecule has 0 aliphatic heterocycles. The first kappa shape index (κ1) is 17.0. The molecule has 21 heavy (non-hydrogen) atoms. The van der Waals surface area contributed by atoms with Gasteiger partial charge in [0.05, 0.1) is 0 Å². The van der Waals surface area contributed by atoms with Crippen molar-refractivity contribution in [3.8, 4) is 35.5 Å². The largest absolute Gasteiger partial charge is 0.0951 e. The Labute approximate surface area is 130 Å². The molecule has 0 amide bonds. The summed E-state index contributed by atoms with van der Waals surface area (Å²) >= 11 is 0. The van der Waals surface area contributed by atoms with E-state index in [1.165, 1.54) is 0 Å². The normalized spacial score (nSPS) is 9.57. The van der Waals surface area contributed by atoms with Crippen molar-refractivity contribution in [2.24, 2.45) is 17.8 Å². The van der Waals surface area contributed by atoms with Crippen molar-refractivity contribution in [1.29, 1.82) is 0 Å². The molecule has 0 aliphatic rings. The van der Waals surface area contributed by atoms with Crippen LogP contribution in [0.2, 0.25) is 0 Å². The van der Waals surface area contributed by atoms with E-state index in [4.69, 9.17) is 0 Å². The molecule has 0 nitrogen and oxygen atoms in total. The summed E-state index contributed by atoms with van der Waals surface area (Å²) in [6, 6.07) is 6.14. The lowest BCUT2D eigenvalue weighted by Gasteiger charge is -1.99. The Morgan fingerprint density at radius 3 is 0.952 bits per heavy atom. The Morgan fingerprint density at radius 1 is 0.524 bits per heavy atom. The first-order valence-corrected chi connectivity index (χ1v) is 7.56. The third-order valence-corrected chi connectivity index (χ3v) is 2.45. The Kier molecular flexibility index (Phi) is 6.66. The molecule has 0 saturated heterocycles. The van der Waals surface area contributed by atoms with Crippen molar-refractivity contribution in [3.05, 3.63) is 34.9 Å². The molecule has 0 N–H and O–H groups in total. The zero-order valence-electron chi connectivity index (χ0n) is 14.0. The van der Waals surface area contributed by atoms with E-state index in [1.807, 2.05) is 18.2 Å². The van der Waals surface area contributed by atoms with Crippen LogP contribution >= 0.6 is 0 Å². The molecule has 0 heteroatoms. The first-order valence-electron chi connectivity index (χ1n) is 7.56. The van der Waals surface area contributed by atoms with Crippen molar-refractivity contribution >= 4 is 0 Å². The van der Waals surface area contributed by atoms with E-state index in [0.717, 1.165) is 16.7 Å². The summed E-state index contributed by atoms with van der Waals surface area (Å²) in [4.78, 5) is 0. The molecule has 0 spiro atoms. The van der Waals surface area contributed by atoms with Gasteiger partial charge in [-0.2, -0.15) is 0 Å². The van der Waals surface area contributed by atoms with Gasteiger partial charge in [0.25, 0.3) is 0 Å². The second-order valence-electron chi connectivity index (χ2n) is 6.07. The van der Waals surface area contributed by atoms with E-state index in [2.05, 4.69) is 77.1 Å². The third-order valence-electron chi connectivity index (χ3n) is 2.45. The Bertz CT molecular complexity index is 546. The van der Waals surface area contributed by atoms with Crippen LogP contribution in [-0.2, 0) is 0 Å². The van der Waals surface area contributed by atoms with Crippen molar-refractivity contribution in [1.82, 2.24) is 0 Å². The molecule has 0 heterocycles. The summed E-state index contributed by atoms with van der Waals surface area (Å²) in [5, 5.41) is 0. The smallest absolute Gasteiger partial charge is 0.0270 e. The number of benzene rings is 1. The zero-order chi connectivity index (χ0) is 15.8. The van der Waals surface area contributed by atoms with Gasteiger partial charge in [0, 0.05) is 34.4 Å². The average Bonchev–Trinajstić information content (AvgIpc) is 2.40. The Morgan fingerprint density at radius 2 is 0.762 bits per heavy atom. The minimum absolute atomic E-state index is 0.362. The molecule has 0 radical (unpaired) electrons. The molecule has 0 aliphatic carbocycles. The summed E-state index contributed by atoms with van der Waals surface area (Å²) in [5.41, 5.74) is 2.98. The third kappa shape index (κ3) is 7.30. The van der Waals surface area contributed by atoms with E-state index in [9.17, 15) is 0 Å². The SMILES string of the molecule is CC(C)C#Cc1cc(C#CC(C)C)cc(C#CC(C)C)c1. The van der Waals surface area contributed by atoms with Crippen LogP contribution in [0.5, 0.6) is 0 Å². The maximum atomic E-state index is 3.21. The lowest BCUT2D eigenvalue weighted by Crippen LogP contribution is -1.87. The summed E-state index contributed by atoms with van der Waals surface area (Å²) in [7, 11) is 0. The fourth-order valence-corrected chi connectivity index (χ4v) is 1.53. The summed E-state index contributed by atoms with van der Waals surface area (Å²) < 4.78 is 0. The molecule has 0 saturated carbocycles. The van der Waals surface area contributed by atoms with Crippen LogP contribution in [0.3, 0.4) is 0 Å². The van der Waals surface area contributed by atoms with Gasteiger partial charge in [0.1, 0.15) is 0 Å². The average molecular weight is 276 g/mol. The molecular weight excluding hydrogens is 252 g/mol. The Hall–Kier alpha value is -2.10. The molecule has 0 bridgehead atoms. The number of rotatable bonds is 0. The molecule has 0 fully saturated rings. The molecule has 1 aromatic rings. The van der Waals surface area contributed by atoms with E-state index < -0.39 is 0 Å². The number of hydrogen-bond donors (Lipinski definition) is 0. The van der Waals surface area contributed by atoms with Gasteiger partial charge < -0.3 is 0 Å². The summed E-state index contributed by atoms with van der Waals surface area (Å²) in [6.07, 6.45) is 0. The van der Waals surface area contributed by atoms with Crippen molar-refractivity contribution < 1.29 is 0 Å². The van der Waals surface area contributed by atoms with Crippen LogP contribution in [0.1, 0.15) is 58.2 Å². The lowest BCUT2D eigenvalue weighted by atomic mass is 10.0. The highest BCUT2D eigenvalue weighted by molar-refractivity contribution is 5.51. The summed E-state index contributed by atoms with van der Waals surface area (Å²) in [6.45, 7) is 12.6. The molecular formula is C21H24. The van der Waals surface area contributed by atoms with Gasteiger partial charge >= 0.3 is 0 Å². The van der Waals surface area contributed by atoms with Crippen LogP contribution in [-0.4, -0.2) is 0 Å². The highest BCUT2D eigenvalue weighted by Gasteiger charge is 1.97. The number of hydrogen-bond acceptors (Lipinski definition) is 0. The van der Waals surface area contributed by atoms with Crippen molar-refractivity contribution in [2.75, 3.05) is 0 Å². The van der Waals surface area contributed by atoms with Gasteiger partial charge in [-0.25, -0.2) is 0 Å². The molecule has 108 valence electrons. The van der Waals surface area contributed by atoms with Crippen LogP contribution in [0, 0.1) is 53.3 Å². The van der Waals surface area contributed by atoms with Crippen LogP contribution in [0.15, 0.2) is 18.2 Å². The van der Waals surface area contributed by atoms with E-state index in [-0.39, 0.29) is 0 Å². The predicted molar refractivity (Wildman–Crippen MR) is 91.6 cm³/mol. The second kappa shape index (κ2) is 8.25. The zero-order valence-corrected chi connectivity index (χ0v) is 14.0. The summed E-state index contributed by atoms with van der Waals surface area (Å²) in [5.74, 6) is 20.3. The van der Waals surface area contributed by atoms with Crippen molar-refractivity contribution in [2.45, 2.75) is 41.5 Å². The lowest BCUT2D eigenvalue weighted by molar-refractivity contribution is 0.866. The minimum atomic E-state index is 0.362. The highest BCUT2D eigenvalue weighted by Crippen LogP contribution is 2.09. The van der Waals surface area contributed by atoms with Gasteiger partial charge in [-0.1, -0.05) is 77.1 Å².